The van der Waals surface area contributed by atoms with E-state index in [-0.39, 0.29) is 0 Å². The fourth-order valence-electron chi connectivity index (χ4n) is 2.37. The van der Waals surface area contributed by atoms with Crippen molar-refractivity contribution in [3.8, 4) is 0 Å². The van der Waals surface area contributed by atoms with Crippen LogP contribution in [0.5, 0.6) is 0 Å². The highest BCUT2D eigenvalue weighted by Gasteiger charge is 2.46. The van der Waals surface area contributed by atoms with Crippen LogP contribution in [0.15, 0.2) is 0 Å². The number of carboxylic acids is 1. The monoisotopic (exact) mass is 307 g/mol. The van der Waals surface area contributed by atoms with Crippen LogP contribution >= 0.6 is 0 Å². The first-order chi connectivity index (χ1) is 9.15. The van der Waals surface area contributed by atoms with E-state index < -0.39 is 38.7 Å². The summed E-state index contributed by atoms with van der Waals surface area (Å²) in [6.07, 6.45) is 2.34. The van der Waals surface area contributed by atoms with E-state index >= 15 is 0 Å². The predicted molar refractivity (Wildman–Crippen MR) is 71.5 cm³/mol. The van der Waals surface area contributed by atoms with Gasteiger partial charge in [0.1, 0.15) is 0 Å². The minimum Gasteiger partial charge on any atom is -0.481 e. The molecular formula is C12H21NO6S. The van der Waals surface area contributed by atoms with Gasteiger partial charge in [-0.25, -0.2) is 13.1 Å². The zero-order valence-electron chi connectivity index (χ0n) is 11.9. The molecule has 0 aliphatic heterocycles. The Kier molecular flexibility index (Phi) is 5.15. The summed E-state index contributed by atoms with van der Waals surface area (Å²) in [5.41, 5.74) is -1.15. The van der Waals surface area contributed by atoms with E-state index in [1.807, 2.05) is 0 Å². The molecule has 3 unspecified atom stereocenters. The number of carbonyl (C=O) groups excluding carboxylic acids is 1. The van der Waals surface area contributed by atoms with Gasteiger partial charge in [0, 0.05) is 6.04 Å². The molecule has 0 saturated heterocycles. The normalized spacial score (nSPS) is 28.6. The van der Waals surface area contributed by atoms with E-state index in [0.717, 1.165) is 20.0 Å². The Morgan fingerprint density at radius 1 is 1.40 bits per heavy atom. The maximum Gasteiger partial charge on any atom is 0.325 e. The number of carboxylic acid groups (broad SMARTS) is 1. The van der Waals surface area contributed by atoms with Crippen LogP contribution in [-0.4, -0.2) is 43.9 Å². The molecule has 0 amide bonds. The average molecular weight is 307 g/mol. The van der Waals surface area contributed by atoms with E-state index in [0.29, 0.717) is 12.8 Å². The molecule has 1 fully saturated rings. The summed E-state index contributed by atoms with van der Waals surface area (Å²) in [4.78, 5) is 22.7. The third-order valence-corrected chi connectivity index (χ3v) is 5.74. The van der Waals surface area contributed by atoms with Crippen LogP contribution in [0.1, 0.15) is 39.5 Å². The van der Waals surface area contributed by atoms with Crippen molar-refractivity contribution in [1.82, 2.24) is 4.72 Å². The summed E-state index contributed by atoms with van der Waals surface area (Å²) < 4.78 is 31.0. The van der Waals surface area contributed by atoms with Crippen LogP contribution in [-0.2, 0) is 24.3 Å². The van der Waals surface area contributed by atoms with Crippen LogP contribution in [0, 0.1) is 5.41 Å². The maximum atomic E-state index is 12.1. The van der Waals surface area contributed by atoms with Crippen LogP contribution in [0.3, 0.4) is 0 Å². The Morgan fingerprint density at radius 2 is 2.00 bits per heavy atom. The summed E-state index contributed by atoms with van der Waals surface area (Å²) in [6, 6.07) is -0.717. The van der Waals surface area contributed by atoms with Gasteiger partial charge in [0.05, 0.1) is 12.5 Å². The molecular weight excluding hydrogens is 286 g/mol. The third kappa shape index (κ3) is 3.29. The molecule has 0 aromatic rings. The summed E-state index contributed by atoms with van der Waals surface area (Å²) in [6.45, 7) is 2.75. The predicted octanol–water partition coefficient (Wildman–Crippen LogP) is 0.501. The lowest BCUT2D eigenvalue weighted by molar-refractivity contribution is -0.151. The Bertz CT molecular complexity index is 488. The number of ether oxygens (including phenoxy) is 1. The second kappa shape index (κ2) is 6.09. The number of hydrogen-bond acceptors (Lipinski definition) is 5. The Balaban J connectivity index is 2.95. The van der Waals surface area contributed by atoms with Crippen molar-refractivity contribution in [2.75, 3.05) is 7.11 Å². The number of hydrogen-bond donors (Lipinski definition) is 2. The van der Waals surface area contributed by atoms with Crippen LogP contribution in [0.4, 0.5) is 0 Å². The van der Waals surface area contributed by atoms with E-state index in [1.165, 1.54) is 13.8 Å². The zero-order valence-corrected chi connectivity index (χ0v) is 12.7. The molecule has 116 valence electrons. The number of aliphatic carboxylic acids is 1. The molecule has 1 aliphatic carbocycles. The van der Waals surface area contributed by atoms with Gasteiger partial charge in [-0.05, 0) is 26.7 Å². The zero-order chi connectivity index (χ0) is 15.6. The number of esters is 1. The van der Waals surface area contributed by atoms with E-state index in [1.54, 1.807) is 0 Å². The second-order valence-corrected chi connectivity index (χ2v) is 7.38. The smallest absolute Gasteiger partial charge is 0.325 e. The molecule has 0 radical (unpaired) electrons. The summed E-state index contributed by atoms with van der Waals surface area (Å²) in [5, 5.41) is 7.96. The maximum absolute atomic E-state index is 12.1. The van der Waals surface area contributed by atoms with Crippen molar-refractivity contribution in [3.05, 3.63) is 0 Å². The minimum absolute atomic E-state index is 0.405. The van der Waals surface area contributed by atoms with Crippen molar-refractivity contribution in [2.45, 2.75) is 50.8 Å². The van der Waals surface area contributed by atoms with Crippen LogP contribution in [0.25, 0.3) is 0 Å². The van der Waals surface area contributed by atoms with Gasteiger partial charge in [0.25, 0.3) is 0 Å². The number of nitrogens with one attached hydrogen (secondary N) is 1. The molecule has 0 aromatic carbocycles. The third-order valence-electron chi connectivity index (χ3n) is 4.00. The summed E-state index contributed by atoms with van der Waals surface area (Å²) >= 11 is 0. The minimum atomic E-state index is -3.96. The van der Waals surface area contributed by atoms with Crippen LogP contribution < -0.4 is 4.72 Å². The lowest BCUT2D eigenvalue weighted by atomic mass is 9.72. The quantitative estimate of drug-likeness (QED) is 0.716. The van der Waals surface area contributed by atoms with Gasteiger partial charge in [-0.2, -0.15) is 0 Å². The van der Waals surface area contributed by atoms with Crippen molar-refractivity contribution < 1.29 is 27.9 Å². The molecule has 0 bridgehead atoms. The van der Waals surface area contributed by atoms with Gasteiger partial charge in [-0.15, -0.1) is 0 Å². The number of methoxy groups -OCH3 is 1. The van der Waals surface area contributed by atoms with Crippen molar-refractivity contribution in [2.24, 2.45) is 5.41 Å². The first-order valence-corrected chi connectivity index (χ1v) is 8.02. The highest BCUT2D eigenvalue weighted by Crippen LogP contribution is 2.37. The van der Waals surface area contributed by atoms with E-state index in [9.17, 15) is 23.1 Å². The average Bonchev–Trinajstić information content (AvgIpc) is 2.39. The van der Waals surface area contributed by atoms with Crippen LogP contribution in [0.2, 0.25) is 0 Å². The Labute approximate surface area is 118 Å². The molecule has 7 nitrogen and oxygen atoms in total. The lowest BCUT2D eigenvalue weighted by Crippen LogP contribution is -2.54. The van der Waals surface area contributed by atoms with Gasteiger partial charge < -0.3 is 9.84 Å². The second-order valence-electron chi connectivity index (χ2n) is 5.35. The van der Waals surface area contributed by atoms with Gasteiger partial charge in [-0.3, -0.25) is 9.59 Å². The number of carbonyl (C=O) groups is 2. The molecule has 1 rings (SSSR count). The van der Waals surface area contributed by atoms with Gasteiger partial charge in [0.2, 0.25) is 10.0 Å². The number of sulfonamides is 1. The summed E-state index contributed by atoms with van der Waals surface area (Å²) in [7, 11) is -2.86. The molecule has 8 heteroatoms. The molecule has 3 atom stereocenters. The van der Waals surface area contributed by atoms with Gasteiger partial charge in [-0.1, -0.05) is 12.8 Å². The number of rotatable bonds is 5. The fraction of sp³-hybridized carbons (Fsp3) is 0.833. The molecule has 0 spiro atoms. The first-order valence-electron chi connectivity index (χ1n) is 6.47. The fourth-order valence-corrected chi connectivity index (χ4v) is 3.70. The lowest BCUT2D eigenvalue weighted by Gasteiger charge is -2.38. The van der Waals surface area contributed by atoms with Gasteiger partial charge >= 0.3 is 11.9 Å². The van der Waals surface area contributed by atoms with Crippen molar-refractivity contribution >= 4 is 22.0 Å². The first kappa shape index (κ1) is 16.9. The largest absolute Gasteiger partial charge is 0.481 e. The standard InChI is InChI=1S/C12H21NO6S/c1-8(10(14)19-3)20(17,18)13-9-6-4-5-7-12(9,2)11(15)16/h8-9,13H,4-7H2,1-3H3,(H,15,16). The Morgan fingerprint density at radius 3 is 2.50 bits per heavy atom. The molecule has 0 aromatic heterocycles. The topological polar surface area (TPSA) is 110 Å². The Hall–Kier alpha value is -1.15. The van der Waals surface area contributed by atoms with E-state index in [4.69, 9.17) is 0 Å². The molecule has 2 N–H and O–H groups in total. The van der Waals surface area contributed by atoms with Crippen molar-refractivity contribution in [1.29, 1.82) is 0 Å². The van der Waals surface area contributed by atoms with E-state index in [2.05, 4.69) is 9.46 Å². The highest BCUT2D eigenvalue weighted by molar-refractivity contribution is 7.90. The SMILES string of the molecule is COC(=O)C(C)S(=O)(=O)NC1CCCCC1(C)C(=O)O. The molecule has 1 saturated carbocycles. The molecule has 0 heterocycles. The molecule has 20 heavy (non-hydrogen) atoms. The molecule has 1 aliphatic rings. The van der Waals surface area contributed by atoms with Crippen molar-refractivity contribution in [3.63, 3.8) is 0 Å². The highest BCUT2D eigenvalue weighted by atomic mass is 32.2. The summed E-state index contributed by atoms with van der Waals surface area (Å²) in [5.74, 6) is -1.90. The van der Waals surface area contributed by atoms with Gasteiger partial charge in [0.15, 0.2) is 5.25 Å².